The average Bonchev–Trinajstić information content (AvgIpc) is 2.84. The molecule has 1 heterocycles. The van der Waals surface area contributed by atoms with Crippen molar-refractivity contribution in [2.45, 2.75) is 31.8 Å². The summed E-state index contributed by atoms with van der Waals surface area (Å²) >= 11 is 0. The van der Waals surface area contributed by atoms with E-state index < -0.39 is 5.60 Å². The number of benzene rings is 3. The van der Waals surface area contributed by atoms with Gasteiger partial charge in [-0.3, -0.25) is 0 Å². The quantitative estimate of drug-likeness (QED) is 0.451. The topological polar surface area (TPSA) is 29.5 Å². The Kier molecular flexibility index (Phi) is 6.83. The molecule has 3 heteroatoms. The molecule has 3 aromatic rings. The van der Waals surface area contributed by atoms with E-state index in [2.05, 4.69) is 36.1 Å². The molecule has 3 nitrogen and oxygen atoms in total. The van der Waals surface area contributed by atoms with Gasteiger partial charge in [0.1, 0.15) is 0 Å². The van der Waals surface area contributed by atoms with Crippen LogP contribution in [0.3, 0.4) is 0 Å². The van der Waals surface area contributed by atoms with Crippen molar-refractivity contribution in [1.29, 1.82) is 0 Å². The molecule has 0 bridgehead atoms. The molecule has 1 fully saturated rings. The average molecular weight is 414 g/mol. The lowest BCUT2D eigenvalue weighted by Gasteiger charge is -2.42. The zero-order valence-corrected chi connectivity index (χ0v) is 18.2. The van der Waals surface area contributed by atoms with Crippen molar-refractivity contribution in [3.8, 4) is 0 Å². The first-order valence-corrected chi connectivity index (χ1v) is 11.3. The lowest BCUT2D eigenvalue weighted by molar-refractivity contribution is -0.0357. The largest absolute Gasteiger partial charge is 0.445 e. The minimum absolute atomic E-state index is 0.0723. The van der Waals surface area contributed by atoms with Crippen LogP contribution in [0.1, 0.15) is 47.7 Å². The van der Waals surface area contributed by atoms with Gasteiger partial charge in [0.25, 0.3) is 0 Å². The van der Waals surface area contributed by atoms with E-state index in [1.807, 2.05) is 66.7 Å². The fraction of sp³-hybridized carbons (Fsp3) is 0.321. The Balaban J connectivity index is 1.79. The zero-order chi connectivity index (χ0) is 21.5. The lowest BCUT2D eigenvalue weighted by atomic mass is 9.76. The number of rotatable bonds is 7. The second kappa shape index (κ2) is 9.93. The molecule has 1 unspecified atom stereocenters. The van der Waals surface area contributed by atoms with Gasteiger partial charge in [0, 0.05) is 23.6 Å². The summed E-state index contributed by atoms with van der Waals surface area (Å²) in [6.45, 7) is 5.31. The first-order chi connectivity index (χ1) is 15.2. The van der Waals surface area contributed by atoms with Crippen molar-refractivity contribution in [3.05, 3.63) is 108 Å². The number of carbonyl (C=O) groups excluding carboxylic acids is 1. The number of likely N-dealkylation sites (tertiary alicyclic amines) is 1. The molecule has 0 spiro atoms. The van der Waals surface area contributed by atoms with Crippen molar-refractivity contribution >= 4 is 5.97 Å². The molecule has 4 rings (SSSR count). The molecule has 0 aromatic heterocycles. The van der Waals surface area contributed by atoms with Gasteiger partial charge in [0.05, 0.1) is 5.56 Å². The monoisotopic (exact) mass is 413 g/mol. The second-order valence-corrected chi connectivity index (χ2v) is 8.49. The predicted octanol–water partition coefficient (Wildman–Crippen LogP) is 5.91. The van der Waals surface area contributed by atoms with Crippen LogP contribution in [-0.2, 0) is 10.3 Å². The van der Waals surface area contributed by atoms with Gasteiger partial charge in [-0.15, -0.1) is 0 Å². The van der Waals surface area contributed by atoms with E-state index in [-0.39, 0.29) is 11.9 Å². The van der Waals surface area contributed by atoms with E-state index in [0.717, 1.165) is 30.8 Å². The summed E-state index contributed by atoms with van der Waals surface area (Å²) in [5, 5.41) is 0. The number of ether oxygens (including phenoxy) is 1. The highest BCUT2D eigenvalue weighted by Crippen LogP contribution is 2.42. The molecule has 1 aliphatic rings. The van der Waals surface area contributed by atoms with Gasteiger partial charge in [-0.1, -0.05) is 92.2 Å². The van der Waals surface area contributed by atoms with Crippen LogP contribution >= 0.6 is 0 Å². The number of hydrogen-bond acceptors (Lipinski definition) is 3. The molecular formula is C28H31NO2. The molecular weight excluding hydrogens is 382 g/mol. The third-order valence-corrected chi connectivity index (χ3v) is 6.34. The van der Waals surface area contributed by atoms with Crippen LogP contribution in [0.15, 0.2) is 91.0 Å². The Morgan fingerprint density at radius 2 is 1.29 bits per heavy atom. The van der Waals surface area contributed by atoms with E-state index in [0.29, 0.717) is 5.56 Å². The van der Waals surface area contributed by atoms with Crippen LogP contribution in [0.4, 0.5) is 0 Å². The Bertz CT molecular complexity index is 911. The van der Waals surface area contributed by atoms with Crippen LogP contribution in [-0.4, -0.2) is 30.5 Å². The highest BCUT2D eigenvalue weighted by atomic mass is 16.6. The molecule has 0 N–H and O–H groups in total. The first kappa shape index (κ1) is 21.3. The van der Waals surface area contributed by atoms with Crippen LogP contribution in [0.25, 0.3) is 0 Å². The Labute approximate surface area is 185 Å². The fourth-order valence-corrected chi connectivity index (χ4v) is 4.76. The summed E-state index contributed by atoms with van der Waals surface area (Å²) in [6.07, 6.45) is 3.77. The highest BCUT2D eigenvalue weighted by molar-refractivity contribution is 5.90. The van der Waals surface area contributed by atoms with Crippen LogP contribution < -0.4 is 0 Å². The molecule has 1 aliphatic heterocycles. The van der Waals surface area contributed by atoms with Gasteiger partial charge in [-0.2, -0.15) is 0 Å². The Morgan fingerprint density at radius 3 is 1.81 bits per heavy atom. The molecule has 0 aliphatic carbocycles. The summed E-state index contributed by atoms with van der Waals surface area (Å²) in [5.74, 6) is -0.220. The summed E-state index contributed by atoms with van der Waals surface area (Å²) in [7, 11) is 0. The molecule has 0 radical (unpaired) electrons. The van der Waals surface area contributed by atoms with E-state index in [1.54, 1.807) is 0 Å². The normalized spacial score (nSPS) is 15.9. The maximum Gasteiger partial charge on any atom is 0.339 e. The minimum atomic E-state index is -0.868. The number of piperidine rings is 1. The van der Waals surface area contributed by atoms with Crippen LogP contribution in [0, 0.1) is 5.92 Å². The van der Waals surface area contributed by atoms with Crippen molar-refractivity contribution in [1.82, 2.24) is 4.90 Å². The van der Waals surface area contributed by atoms with Gasteiger partial charge in [0.15, 0.2) is 5.60 Å². The SMILES string of the molecule is CC(CN1CCCCC1)C(OC(=O)c1ccccc1)(c1ccccc1)c1ccccc1. The molecule has 1 atom stereocenters. The van der Waals surface area contributed by atoms with E-state index in [9.17, 15) is 4.79 Å². The standard InChI is InChI=1S/C28H31NO2/c1-23(22-29-20-12-5-13-21-29)28(25-16-8-3-9-17-25,26-18-10-4-11-19-26)31-27(30)24-14-6-2-7-15-24/h2-4,6-11,14-19,23H,5,12-13,20-22H2,1H3. The maximum atomic E-state index is 13.4. The van der Waals surface area contributed by atoms with Crippen molar-refractivity contribution < 1.29 is 9.53 Å². The van der Waals surface area contributed by atoms with Crippen LogP contribution in [0.5, 0.6) is 0 Å². The maximum absolute atomic E-state index is 13.4. The summed E-state index contributed by atoms with van der Waals surface area (Å²) in [6, 6.07) is 29.7. The third kappa shape index (κ3) is 4.72. The Morgan fingerprint density at radius 1 is 0.806 bits per heavy atom. The van der Waals surface area contributed by atoms with Gasteiger partial charge >= 0.3 is 5.97 Å². The van der Waals surface area contributed by atoms with Gasteiger partial charge < -0.3 is 9.64 Å². The molecule has 3 aromatic carbocycles. The van der Waals surface area contributed by atoms with Crippen molar-refractivity contribution in [3.63, 3.8) is 0 Å². The third-order valence-electron chi connectivity index (χ3n) is 6.34. The molecule has 160 valence electrons. The first-order valence-electron chi connectivity index (χ1n) is 11.3. The number of carbonyl (C=O) groups is 1. The number of nitrogens with zero attached hydrogens (tertiary/aromatic N) is 1. The van der Waals surface area contributed by atoms with E-state index in [1.165, 1.54) is 19.3 Å². The minimum Gasteiger partial charge on any atom is -0.445 e. The van der Waals surface area contributed by atoms with E-state index in [4.69, 9.17) is 4.74 Å². The summed E-state index contributed by atoms with van der Waals surface area (Å²) in [4.78, 5) is 15.9. The molecule has 1 saturated heterocycles. The predicted molar refractivity (Wildman–Crippen MR) is 125 cm³/mol. The summed E-state index contributed by atoms with van der Waals surface area (Å²) < 4.78 is 6.53. The summed E-state index contributed by atoms with van der Waals surface area (Å²) in [5.41, 5.74) is 1.72. The second-order valence-electron chi connectivity index (χ2n) is 8.49. The van der Waals surface area contributed by atoms with Gasteiger partial charge in [-0.25, -0.2) is 4.79 Å². The highest BCUT2D eigenvalue weighted by Gasteiger charge is 2.44. The van der Waals surface area contributed by atoms with Crippen molar-refractivity contribution in [2.24, 2.45) is 5.92 Å². The van der Waals surface area contributed by atoms with Crippen LogP contribution in [0.2, 0.25) is 0 Å². The lowest BCUT2D eigenvalue weighted by Crippen LogP contribution is -2.46. The van der Waals surface area contributed by atoms with E-state index >= 15 is 0 Å². The number of hydrogen-bond donors (Lipinski definition) is 0. The number of esters is 1. The van der Waals surface area contributed by atoms with Gasteiger partial charge in [-0.05, 0) is 38.1 Å². The van der Waals surface area contributed by atoms with Gasteiger partial charge in [0.2, 0.25) is 0 Å². The van der Waals surface area contributed by atoms with Crippen molar-refractivity contribution in [2.75, 3.05) is 19.6 Å². The Hall–Kier alpha value is -2.91. The fourth-order valence-electron chi connectivity index (χ4n) is 4.76. The molecule has 0 saturated carbocycles. The smallest absolute Gasteiger partial charge is 0.339 e. The zero-order valence-electron chi connectivity index (χ0n) is 18.2. The molecule has 31 heavy (non-hydrogen) atoms. The molecule has 0 amide bonds.